The van der Waals surface area contributed by atoms with Crippen LogP contribution in [0.5, 0.6) is 0 Å². The predicted molar refractivity (Wildman–Crippen MR) is 157 cm³/mol. The quantitative estimate of drug-likeness (QED) is 0.164. The molecule has 0 aliphatic carbocycles. The number of hydrogen-bond acceptors (Lipinski definition) is 10. The van der Waals surface area contributed by atoms with Crippen LogP contribution in [-0.2, 0) is 39.8 Å². The molecule has 1 saturated heterocycles. The summed E-state index contributed by atoms with van der Waals surface area (Å²) in [6.45, 7) is 3.88. The van der Waals surface area contributed by atoms with E-state index in [-0.39, 0.29) is 12.7 Å². The molecule has 42 heavy (non-hydrogen) atoms. The number of likely N-dealkylation sites (N-methyl/N-ethyl adjacent to an activating group) is 1. The first-order chi connectivity index (χ1) is 20.2. The van der Waals surface area contributed by atoms with Gasteiger partial charge < -0.3 is 28.6 Å². The first-order valence-electron chi connectivity index (χ1n) is 15.2. The topological polar surface area (TPSA) is 128 Å². The Morgan fingerprint density at radius 1 is 0.952 bits per heavy atom. The summed E-state index contributed by atoms with van der Waals surface area (Å²) in [5.74, 6) is -1.23. The Labute approximate surface area is 249 Å². The van der Waals surface area contributed by atoms with Gasteiger partial charge in [-0.05, 0) is 39.8 Å². The lowest BCUT2D eigenvalue weighted by molar-refractivity contribution is -0.162. The monoisotopic (exact) mass is 597 g/mol. The second kappa shape index (κ2) is 18.9. The molecule has 0 radical (unpaired) electrons. The summed E-state index contributed by atoms with van der Waals surface area (Å²) in [4.78, 5) is 52.5. The van der Waals surface area contributed by atoms with E-state index in [1.165, 1.54) is 31.0 Å². The molecule has 1 aliphatic heterocycles. The maximum absolute atomic E-state index is 13.3. The molecule has 1 aromatic heterocycles. The van der Waals surface area contributed by atoms with Crippen LogP contribution in [0, 0.1) is 0 Å². The van der Waals surface area contributed by atoms with Gasteiger partial charge in [0.05, 0.1) is 7.11 Å². The van der Waals surface area contributed by atoms with Gasteiger partial charge in [0, 0.05) is 25.9 Å². The number of aromatic nitrogens is 2. The van der Waals surface area contributed by atoms with Gasteiger partial charge >= 0.3 is 17.6 Å². The minimum absolute atomic E-state index is 0.172. The van der Waals surface area contributed by atoms with Crippen LogP contribution in [0.3, 0.4) is 0 Å². The Morgan fingerprint density at radius 3 is 2.14 bits per heavy atom. The molecule has 0 aromatic carbocycles. The van der Waals surface area contributed by atoms with Crippen LogP contribution in [0.4, 0.5) is 0 Å². The Morgan fingerprint density at radius 2 is 1.60 bits per heavy atom. The molecule has 0 bridgehead atoms. The van der Waals surface area contributed by atoms with Gasteiger partial charge in [0.1, 0.15) is 37.6 Å². The summed E-state index contributed by atoms with van der Waals surface area (Å²) in [6.07, 6.45) is 8.52. The molecule has 0 N–H and O–H groups in total. The van der Waals surface area contributed by atoms with E-state index >= 15 is 0 Å². The van der Waals surface area contributed by atoms with Gasteiger partial charge in [-0.1, -0.05) is 52.4 Å². The van der Waals surface area contributed by atoms with Crippen LogP contribution >= 0.6 is 0 Å². The third kappa shape index (κ3) is 10.9. The molecule has 240 valence electrons. The fraction of sp³-hybridized carbons (Fsp3) is 0.800. The van der Waals surface area contributed by atoms with Gasteiger partial charge in [0.15, 0.2) is 6.23 Å². The van der Waals surface area contributed by atoms with Gasteiger partial charge in [-0.3, -0.25) is 14.2 Å². The lowest BCUT2D eigenvalue weighted by Gasteiger charge is -2.25. The van der Waals surface area contributed by atoms with Crippen molar-refractivity contribution < 1.29 is 33.3 Å². The van der Waals surface area contributed by atoms with Crippen molar-refractivity contribution in [2.75, 3.05) is 41.5 Å². The number of ether oxygens (including phenoxy) is 5. The zero-order valence-corrected chi connectivity index (χ0v) is 26.2. The minimum atomic E-state index is -1.02. The van der Waals surface area contributed by atoms with Crippen molar-refractivity contribution >= 4 is 11.9 Å². The SMILES string of the molecule is CCCCCCC(CCCCCC)OC(=O)CO[C@@H]1[C@H](OC)[C@@H](CN(C)C)O[C@H]1n1ccc(=O)n(CC(=O)OC)c1=O. The van der Waals surface area contributed by atoms with E-state index < -0.39 is 54.3 Å². The molecule has 1 aromatic rings. The molecule has 1 fully saturated rings. The van der Waals surface area contributed by atoms with Crippen LogP contribution in [0.15, 0.2) is 21.9 Å². The van der Waals surface area contributed by atoms with Crippen molar-refractivity contribution in [1.29, 1.82) is 0 Å². The highest BCUT2D eigenvalue weighted by Crippen LogP contribution is 2.33. The number of rotatable bonds is 20. The van der Waals surface area contributed by atoms with Crippen molar-refractivity contribution in [3.05, 3.63) is 33.1 Å². The standard InChI is InChI=1S/C30H51N3O9/c1-7-9-11-13-15-22(16-14-12-10-8-2)41-26(36)21-40-28-27(39-6)23(19-31(3)4)42-29(28)32-18-17-24(34)33(30(32)37)20-25(35)38-5/h17-18,22-23,27-29H,7-16,19-21H2,1-6H3/t23-,27-,28-,29-/m1/s1. The predicted octanol–water partition coefficient (Wildman–Crippen LogP) is 2.89. The van der Waals surface area contributed by atoms with Crippen molar-refractivity contribution in [3.8, 4) is 0 Å². The maximum atomic E-state index is 13.3. The first-order valence-corrected chi connectivity index (χ1v) is 15.2. The van der Waals surface area contributed by atoms with Crippen molar-refractivity contribution in [3.63, 3.8) is 0 Å². The normalized spacial score (nSPS) is 20.4. The summed E-state index contributed by atoms with van der Waals surface area (Å²) in [5, 5.41) is 0. The fourth-order valence-electron chi connectivity index (χ4n) is 5.21. The summed E-state index contributed by atoms with van der Waals surface area (Å²) in [6, 6.07) is 1.17. The second-order valence-corrected chi connectivity index (χ2v) is 11.1. The zero-order chi connectivity index (χ0) is 31.1. The fourth-order valence-corrected chi connectivity index (χ4v) is 5.21. The van der Waals surface area contributed by atoms with E-state index in [4.69, 9.17) is 18.9 Å². The lowest BCUT2D eigenvalue weighted by atomic mass is 10.0. The number of unbranched alkanes of at least 4 members (excludes halogenated alkanes) is 6. The van der Waals surface area contributed by atoms with E-state index in [1.807, 2.05) is 19.0 Å². The van der Waals surface area contributed by atoms with Gasteiger partial charge in [-0.2, -0.15) is 0 Å². The highest BCUT2D eigenvalue weighted by molar-refractivity contribution is 5.71. The van der Waals surface area contributed by atoms with Gasteiger partial charge in [0.25, 0.3) is 5.56 Å². The van der Waals surface area contributed by atoms with Crippen LogP contribution in [0.25, 0.3) is 0 Å². The summed E-state index contributed by atoms with van der Waals surface area (Å²) < 4.78 is 30.5. The van der Waals surface area contributed by atoms with E-state index in [2.05, 4.69) is 18.6 Å². The molecule has 12 nitrogen and oxygen atoms in total. The van der Waals surface area contributed by atoms with E-state index in [1.54, 1.807) is 0 Å². The molecule has 0 saturated carbocycles. The number of carbonyl (C=O) groups is 2. The third-order valence-electron chi connectivity index (χ3n) is 7.44. The van der Waals surface area contributed by atoms with Crippen molar-refractivity contribution in [2.45, 2.75) is 115 Å². The molecule has 0 amide bonds. The first kappa shape index (κ1) is 35.7. The largest absolute Gasteiger partial charge is 0.468 e. The molecular weight excluding hydrogens is 546 g/mol. The summed E-state index contributed by atoms with van der Waals surface area (Å²) in [5.41, 5.74) is -1.42. The van der Waals surface area contributed by atoms with Gasteiger partial charge in [-0.15, -0.1) is 0 Å². The number of hydrogen-bond donors (Lipinski definition) is 0. The van der Waals surface area contributed by atoms with E-state index in [9.17, 15) is 19.2 Å². The molecule has 2 rings (SSSR count). The van der Waals surface area contributed by atoms with Crippen LogP contribution in [0.2, 0.25) is 0 Å². The molecule has 0 unspecified atom stereocenters. The average molecular weight is 598 g/mol. The van der Waals surface area contributed by atoms with Gasteiger partial charge in [0.2, 0.25) is 0 Å². The number of methoxy groups -OCH3 is 2. The van der Waals surface area contributed by atoms with E-state index in [0.717, 1.165) is 68.8 Å². The molecule has 0 spiro atoms. The smallest absolute Gasteiger partial charge is 0.333 e. The number of esters is 2. The van der Waals surface area contributed by atoms with Crippen molar-refractivity contribution in [1.82, 2.24) is 14.0 Å². The van der Waals surface area contributed by atoms with Gasteiger partial charge in [-0.25, -0.2) is 14.2 Å². The summed E-state index contributed by atoms with van der Waals surface area (Å²) in [7, 11) is 6.44. The second-order valence-electron chi connectivity index (χ2n) is 11.1. The maximum Gasteiger partial charge on any atom is 0.333 e. The molecule has 2 heterocycles. The van der Waals surface area contributed by atoms with Crippen LogP contribution in [-0.4, -0.2) is 91.9 Å². The average Bonchev–Trinajstić information content (AvgIpc) is 3.29. The number of nitrogens with zero attached hydrogens (tertiary/aromatic N) is 3. The molecule has 1 aliphatic rings. The van der Waals surface area contributed by atoms with E-state index in [0.29, 0.717) is 6.54 Å². The Kier molecular flexibility index (Phi) is 16.0. The summed E-state index contributed by atoms with van der Waals surface area (Å²) >= 11 is 0. The minimum Gasteiger partial charge on any atom is -0.468 e. The Balaban J connectivity index is 2.23. The Hall–Kier alpha value is -2.54. The van der Waals surface area contributed by atoms with Crippen LogP contribution < -0.4 is 11.2 Å². The zero-order valence-electron chi connectivity index (χ0n) is 26.2. The van der Waals surface area contributed by atoms with Crippen LogP contribution in [0.1, 0.15) is 84.3 Å². The Bertz CT molecular complexity index is 1060. The molecule has 4 atom stereocenters. The number of carbonyl (C=O) groups excluding carboxylic acids is 2. The third-order valence-corrected chi connectivity index (χ3v) is 7.44. The molecule has 12 heteroatoms. The lowest BCUT2D eigenvalue weighted by Crippen LogP contribution is -2.45. The highest BCUT2D eigenvalue weighted by atomic mass is 16.6. The molecular formula is C30H51N3O9. The highest BCUT2D eigenvalue weighted by Gasteiger charge is 2.47. The van der Waals surface area contributed by atoms with Crippen molar-refractivity contribution in [2.24, 2.45) is 0 Å².